The van der Waals surface area contributed by atoms with E-state index in [0.29, 0.717) is 0 Å². The second-order valence-electron chi connectivity index (χ2n) is 1.28. The van der Waals surface area contributed by atoms with Crippen molar-refractivity contribution < 1.29 is 9.90 Å². The van der Waals surface area contributed by atoms with E-state index >= 15 is 0 Å². The summed E-state index contributed by atoms with van der Waals surface area (Å²) >= 11 is 0. The van der Waals surface area contributed by atoms with E-state index in [1.54, 1.807) is 0 Å². The van der Waals surface area contributed by atoms with E-state index < -0.39 is 5.97 Å². The lowest BCUT2D eigenvalue weighted by Crippen LogP contribution is -2.35. The Hall–Kier alpha value is -0.610. The lowest BCUT2D eigenvalue weighted by Gasteiger charge is -1.97. The van der Waals surface area contributed by atoms with Crippen LogP contribution in [0, 0.1) is 0 Å². The largest absolute Gasteiger partial charge is 0.480 e. The van der Waals surface area contributed by atoms with Crippen molar-refractivity contribution in [1.82, 2.24) is 10.9 Å². The summed E-state index contributed by atoms with van der Waals surface area (Å²) in [5.74, 6) is -0.856. The highest BCUT2D eigenvalue weighted by Crippen LogP contribution is 1.53. The fraction of sp³-hybridized carbons (Fsp3) is 0.750. The molecule has 0 atom stereocenters. The number of carbonyl (C=O) groups is 1. The Balaban J connectivity index is 2.82. The van der Waals surface area contributed by atoms with Gasteiger partial charge in [0, 0.05) is 6.54 Å². The van der Waals surface area contributed by atoms with Gasteiger partial charge in [0.15, 0.2) is 0 Å². The molecule has 0 aliphatic rings. The Bertz CT molecular complexity index is 74.4. The standard InChI is InChI=1S/C4H10N2O2/c1-2-5-6-3-4(7)8/h5-6H,2-3H2,1H3,(H,7,8). The normalized spacial score (nSPS) is 9.12. The quantitative estimate of drug-likeness (QED) is 0.333. The van der Waals surface area contributed by atoms with Crippen LogP contribution in [-0.4, -0.2) is 24.2 Å². The van der Waals surface area contributed by atoms with Gasteiger partial charge in [0.2, 0.25) is 0 Å². The second kappa shape index (κ2) is 4.55. The molecule has 0 radical (unpaired) electrons. The summed E-state index contributed by atoms with van der Waals surface area (Å²) in [6, 6.07) is 0. The first-order valence-corrected chi connectivity index (χ1v) is 2.45. The van der Waals surface area contributed by atoms with Gasteiger partial charge in [-0.25, -0.2) is 5.43 Å². The van der Waals surface area contributed by atoms with E-state index in [4.69, 9.17) is 5.11 Å². The third kappa shape index (κ3) is 5.39. The summed E-state index contributed by atoms with van der Waals surface area (Å²) in [6.07, 6.45) is 0. The molecule has 0 aromatic rings. The third-order valence-electron chi connectivity index (χ3n) is 0.541. The fourth-order valence-electron chi connectivity index (χ4n) is 0.263. The molecule has 0 saturated heterocycles. The van der Waals surface area contributed by atoms with Crippen LogP contribution in [0.25, 0.3) is 0 Å². The summed E-state index contributed by atoms with van der Waals surface area (Å²) in [5.41, 5.74) is 5.13. The molecule has 8 heavy (non-hydrogen) atoms. The van der Waals surface area contributed by atoms with Crippen molar-refractivity contribution in [2.45, 2.75) is 6.92 Å². The van der Waals surface area contributed by atoms with Crippen molar-refractivity contribution in [1.29, 1.82) is 0 Å². The zero-order valence-corrected chi connectivity index (χ0v) is 4.77. The van der Waals surface area contributed by atoms with E-state index in [-0.39, 0.29) is 6.54 Å². The van der Waals surface area contributed by atoms with E-state index in [1.807, 2.05) is 6.92 Å². The minimum Gasteiger partial charge on any atom is -0.480 e. The van der Waals surface area contributed by atoms with Gasteiger partial charge in [0.25, 0.3) is 0 Å². The Morgan fingerprint density at radius 3 is 2.62 bits per heavy atom. The molecule has 4 nitrogen and oxygen atoms in total. The predicted molar refractivity (Wildman–Crippen MR) is 29.3 cm³/mol. The van der Waals surface area contributed by atoms with Gasteiger partial charge < -0.3 is 5.11 Å². The van der Waals surface area contributed by atoms with Gasteiger partial charge in [-0.2, -0.15) is 0 Å². The molecule has 0 saturated carbocycles. The lowest BCUT2D eigenvalue weighted by atomic mass is 10.7. The van der Waals surface area contributed by atoms with Gasteiger partial charge in [0.1, 0.15) is 6.54 Å². The summed E-state index contributed by atoms with van der Waals surface area (Å²) in [7, 11) is 0. The topological polar surface area (TPSA) is 61.4 Å². The van der Waals surface area contributed by atoms with Crippen molar-refractivity contribution in [2.75, 3.05) is 13.1 Å². The van der Waals surface area contributed by atoms with Crippen molar-refractivity contribution in [3.05, 3.63) is 0 Å². The van der Waals surface area contributed by atoms with Crippen LogP contribution in [-0.2, 0) is 4.79 Å². The summed E-state index contributed by atoms with van der Waals surface area (Å²) in [4.78, 5) is 9.77. The molecule has 0 spiro atoms. The maximum Gasteiger partial charge on any atom is 0.318 e. The Labute approximate surface area is 47.9 Å². The van der Waals surface area contributed by atoms with Crippen LogP contribution >= 0.6 is 0 Å². The molecule has 0 fully saturated rings. The highest BCUT2D eigenvalue weighted by molar-refractivity contribution is 5.68. The van der Waals surface area contributed by atoms with Crippen molar-refractivity contribution in [2.24, 2.45) is 0 Å². The summed E-state index contributed by atoms with van der Waals surface area (Å²) < 4.78 is 0. The van der Waals surface area contributed by atoms with E-state index in [9.17, 15) is 4.79 Å². The minimum absolute atomic E-state index is 0.0339. The minimum atomic E-state index is -0.856. The molecule has 0 bridgehead atoms. The first-order valence-electron chi connectivity index (χ1n) is 2.45. The Morgan fingerprint density at radius 1 is 1.62 bits per heavy atom. The van der Waals surface area contributed by atoms with Crippen LogP contribution in [0.3, 0.4) is 0 Å². The molecular formula is C4H10N2O2. The number of carboxylic acid groups (broad SMARTS) is 1. The first kappa shape index (κ1) is 7.39. The average Bonchev–Trinajstić information content (AvgIpc) is 1.66. The zero-order chi connectivity index (χ0) is 6.41. The molecule has 48 valence electrons. The van der Waals surface area contributed by atoms with Gasteiger partial charge in [0.05, 0.1) is 0 Å². The van der Waals surface area contributed by atoms with Gasteiger partial charge in [-0.05, 0) is 0 Å². The molecule has 0 aromatic heterocycles. The van der Waals surface area contributed by atoms with E-state index in [2.05, 4.69) is 10.9 Å². The molecule has 0 aliphatic carbocycles. The summed E-state index contributed by atoms with van der Waals surface area (Å²) in [6.45, 7) is 2.58. The van der Waals surface area contributed by atoms with Crippen molar-refractivity contribution in [3.8, 4) is 0 Å². The van der Waals surface area contributed by atoms with Crippen LogP contribution in [0.5, 0.6) is 0 Å². The third-order valence-corrected chi connectivity index (χ3v) is 0.541. The van der Waals surface area contributed by atoms with Crippen LogP contribution in [0.15, 0.2) is 0 Å². The van der Waals surface area contributed by atoms with Crippen LogP contribution in [0.4, 0.5) is 0 Å². The maximum absolute atomic E-state index is 9.77. The molecule has 0 aromatic carbocycles. The highest BCUT2D eigenvalue weighted by Gasteiger charge is 1.90. The molecule has 0 aliphatic heterocycles. The molecule has 0 amide bonds. The predicted octanol–water partition coefficient (Wildman–Crippen LogP) is -0.815. The van der Waals surface area contributed by atoms with E-state index in [1.165, 1.54) is 0 Å². The van der Waals surface area contributed by atoms with Gasteiger partial charge in [-0.15, -0.1) is 0 Å². The molecule has 0 rings (SSSR count). The van der Waals surface area contributed by atoms with Crippen LogP contribution in [0.2, 0.25) is 0 Å². The maximum atomic E-state index is 9.77. The first-order chi connectivity index (χ1) is 3.77. The van der Waals surface area contributed by atoms with Gasteiger partial charge >= 0.3 is 5.97 Å². The number of aliphatic carboxylic acids is 1. The number of hydrogen-bond donors (Lipinski definition) is 3. The van der Waals surface area contributed by atoms with Crippen molar-refractivity contribution in [3.63, 3.8) is 0 Å². The lowest BCUT2D eigenvalue weighted by molar-refractivity contribution is -0.136. The second-order valence-corrected chi connectivity index (χ2v) is 1.28. The molecule has 0 unspecified atom stereocenters. The van der Waals surface area contributed by atoms with Crippen LogP contribution < -0.4 is 10.9 Å². The van der Waals surface area contributed by atoms with Crippen molar-refractivity contribution >= 4 is 5.97 Å². The fourth-order valence-corrected chi connectivity index (χ4v) is 0.263. The smallest absolute Gasteiger partial charge is 0.318 e. The Kier molecular flexibility index (Phi) is 4.20. The number of nitrogens with one attached hydrogen (secondary N) is 2. The SMILES string of the molecule is CCNNCC(=O)O. The number of hydrogen-bond acceptors (Lipinski definition) is 3. The van der Waals surface area contributed by atoms with E-state index in [0.717, 1.165) is 6.54 Å². The van der Waals surface area contributed by atoms with Gasteiger partial charge in [-0.1, -0.05) is 6.92 Å². The average molecular weight is 118 g/mol. The molecule has 3 N–H and O–H groups in total. The number of hydrazine groups is 1. The molecule has 0 heterocycles. The number of rotatable bonds is 4. The zero-order valence-electron chi connectivity index (χ0n) is 4.77. The number of carboxylic acids is 1. The van der Waals surface area contributed by atoms with Gasteiger partial charge in [-0.3, -0.25) is 10.2 Å². The molecule has 4 heteroatoms. The molecular weight excluding hydrogens is 108 g/mol. The van der Waals surface area contributed by atoms with Crippen LogP contribution in [0.1, 0.15) is 6.92 Å². The summed E-state index contributed by atoms with van der Waals surface area (Å²) in [5, 5.41) is 8.04. The Morgan fingerprint density at radius 2 is 2.25 bits per heavy atom. The highest BCUT2D eigenvalue weighted by atomic mass is 16.4. The monoisotopic (exact) mass is 118 g/mol.